The van der Waals surface area contributed by atoms with Gasteiger partial charge in [0.25, 0.3) is 0 Å². The van der Waals surface area contributed by atoms with Gasteiger partial charge in [-0.1, -0.05) is 42.8 Å². The van der Waals surface area contributed by atoms with Gasteiger partial charge in [0.2, 0.25) is 17.7 Å². The molecule has 4 heterocycles. The molecule has 194 valence electrons. The Hall–Kier alpha value is -3.51. The van der Waals surface area contributed by atoms with Gasteiger partial charge in [0.15, 0.2) is 0 Å². The molecule has 1 aromatic heterocycles. The molecule has 2 amide bonds. The minimum atomic E-state index is -0.919. The molecule has 38 heavy (non-hydrogen) atoms. The van der Waals surface area contributed by atoms with Gasteiger partial charge in [-0.25, -0.2) is 9.88 Å². The molecule has 3 aliphatic rings. The van der Waals surface area contributed by atoms with Crippen LogP contribution in [0.4, 0.5) is 5.69 Å². The molecule has 6 rings (SSSR count). The number of halogens is 1. The number of hydrogen-bond donors (Lipinski definition) is 0. The van der Waals surface area contributed by atoms with Gasteiger partial charge < -0.3 is 14.2 Å². The van der Waals surface area contributed by atoms with Crippen molar-refractivity contribution in [1.29, 1.82) is 5.26 Å². The van der Waals surface area contributed by atoms with E-state index in [9.17, 15) is 14.9 Å². The lowest BCUT2D eigenvalue weighted by Crippen LogP contribution is -2.51. The van der Waals surface area contributed by atoms with E-state index in [-0.39, 0.29) is 24.5 Å². The fourth-order valence-electron chi connectivity index (χ4n) is 6.82. The lowest BCUT2D eigenvalue weighted by molar-refractivity contribution is -0.138. The first kappa shape index (κ1) is 24.8. The SMILES string of the molecule is CCC12OC(CCOc3ccc(Cl)cn3)(CC1OC)C1C(=O)N(c3ccc(C#N)c4ccccc34)C(=O)C12. The number of ether oxygens (including phenoxy) is 3. The van der Waals surface area contributed by atoms with E-state index in [1.807, 2.05) is 31.2 Å². The van der Waals surface area contributed by atoms with Crippen LogP contribution in [0.3, 0.4) is 0 Å². The van der Waals surface area contributed by atoms with E-state index in [2.05, 4.69) is 11.1 Å². The van der Waals surface area contributed by atoms with Crippen LogP contribution in [-0.2, 0) is 19.1 Å². The van der Waals surface area contributed by atoms with Crippen molar-refractivity contribution in [2.45, 2.75) is 43.5 Å². The van der Waals surface area contributed by atoms with Gasteiger partial charge in [0, 0.05) is 43.0 Å². The summed E-state index contributed by atoms with van der Waals surface area (Å²) in [4.78, 5) is 33.8. The molecule has 5 atom stereocenters. The zero-order valence-corrected chi connectivity index (χ0v) is 21.8. The van der Waals surface area contributed by atoms with Crippen LogP contribution < -0.4 is 9.64 Å². The van der Waals surface area contributed by atoms with Crippen molar-refractivity contribution in [2.24, 2.45) is 11.8 Å². The summed E-state index contributed by atoms with van der Waals surface area (Å²) in [6.07, 6.45) is 2.57. The summed E-state index contributed by atoms with van der Waals surface area (Å²) in [6, 6.07) is 16.3. The van der Waals surface area contributed by atoms with Crippen molar-refractivity contribution in [3.8, 4) is 11.9 Å². The van der Waals surface area contributed by atoms with Crippen LogP contribution in [0.1, 0.15) is 31.7 Å². The minimum Gasteiger partial charge on any atom is -0.478 e. The molecule has 0 N–H and O–H groups in total. The monoisotopic (exact) mass is 531 g/mol. The summed E-state index contributed by atoms with van der Waals surface area (Å²) in [5, 5.41) is 11.5. The topological polar surface area (TPSA) is 102 Å². The van der Waals surface area contributed by atoms with E-state index in [0.29, 0.717) is 52.2 Å². The molecule has 3 aromatic rings. The number of pyridine rings is 1. The summed E-state index contributed by atoms with van der Waals surface area (Å²) in [6.45, 7) is 2.21. The van der Waals surface area contributed by atoms with Gasteiger partial charge in [-0.2, -0.15) is 5.26 Å². The maximum Gasteiger partial charge on any atom is 0.240 e. The Morgan fingerprint density at radius 3 is 2.58 bits per heavy atom. The average molecular weight is 532 g/mol. The van der Waals surface area contributed by atoms with Gasteiger partial charge in [-0.15, -0.1) is 0 Å². The van der Waals surface area contributed by atoms with Crippen LogP contribution >= 0.6 is 11.6 Å². The summed E-state index contributed by atoms with van der Waals surface area (Å²) in [5.74, 6) is -1.51. The van der Waals surface area contributed by atoms with Crippen LogP contribution in [0, 0.1) is 23.2 Å². The highest BCUT2D eigenvalue weighted by Crippen LogP contribution is 2.64. The molecule has 0 spiro atoms. The van der Waals surface area contributed by atoms with Gasteiger partial charge in [0.1, 0.15) is 5.60 Å². The normalized spacial score (nSPS) is 29.6. The van der Waals surface area contributed by atoms with Gasteiger partial charge in [-0.3, -0.25) is 9.59 Å². The fourth-order valence-corrected chi connectivity index (χ4v) is 6.93. The van der Waals surface area contributed by atoms with Crippen molar-refractivity contribution in [1.82, 2.24) is 4.98 Å². The zero-order chi connectivity index (χ0) is 26.7. The first-order chi connectivity index (χ1) is 18.4. The highest BCUT2D eigenvalue weighted by atomic mass is 35.5. The maximum absolute atomic E-state index is 14.2. The maximum atomic E-state index is 14.2. The standard InChI is InChI=1S/C29H26ClN3O5/c1-3-29-22(36-2)14-28(38-29,12-13-37-23-11-9-18(30)16-32-23)24-25(29)27(35)33(26(24)34)21-10-8-17(15-31)19-6-4-5-7-20(19)21/h4-11,16,22,24-25H,3,12-14H2,1-2H3. The number of hydrogen-bond acceptors (Lipinski definition) is 7. The highest BCUT2D eigenvalue weighted by molar-refractivity contribution is 6.30. The predicted octanol–water partition coefficient (Wildman–Crippen LogP) is 4.67. The lowest BCUT2D eigenvalue weighted by Gasteiger charge is -2.36. The zero-order valence-electron chi connectivity index (χ0n) is 21.0. The van der Waals surface area contributed by atoms with Gasteiger partial charge in [-0.05, 0) is 24.6 Å². The quantitative estimate of drug-likeness (QED) is 0.408. The number of carbonyl (C=O) groups excluding carboxylic acids is 2. The molecule has 0 saturated carbocycles. The molecule has 3 fully saturated rings. The summed E-state index contributed by atoms with van der Waals surface area (Å²) >= 11 is 5.93. The minimum absolute atomic E-state index is 0.245. The Balaban J connectivity index is 1.39. The molecular formula is C29H26ClN3O5. The third-order valence-electron chi connectivity index (χ3n) is 8.44. The van der Waals surface area contributed by atoms with E-state index in [0.717, 1.165) is 0 Å². The average Bonchev–Trinajstić information content (AvgIpc) is 3.53. The first-order valence-electron chi connectivity index (χ1n) is 12.7. The second-order valence-corrected chi connectivity index (χ2v) is 10.5. The summed E-state index contributed by atoms with van der Waals surface area (Å²) < 4.78 is 18.5. The Bertz CT molecular complexity index is 1490. The van der Waals surface area contributed by atoms with E-state index in [1.54, 1.807) is 31.4 Å². The number of aromatic nitrogens is 1. The van der Waals surface area contributed by atoms with E-state index in [1.165, 1.54) is 11.1 Å². The summed E-state index contributed by atoms with van der Waals surface area (Å²) in [5.41, 5.74) is -0.860. The van der Waals surface area contributed by atoms with Gasteiger partial charge in [0.05, 0.1) is 52.5 Å². The van der Waals surface area contributed by atoms with Crippen molar-refractivity contribution < 1.29 is 23.8 Å². The van der Waals surface area contributed by atoms with Crippen molar-refractivity contribution in [3.63, 3.8) is 0 Å². The number of nitriles is 1. The number of imide groups is 1. The predicted molar refractivity (Wildman–Crippen MR) is 140 cm³/mol. The highest BCUT2D eigenvalue weighted by Gasteiger charge is 2.78. The van der Waals surface area contributed by atoms with Crippen LogP contribution in [0.2, 0.25) is 5.02 Å². The molecule has 0 aliphatic carbocycles. The third kappa shape index (κ3) is 3.39. The lowest BCUT2D eigenvalue weighted by atomic mass is 9.64. The van der Waals surface area contributed by atoms with Gasteiger partial charge >= 0.3 is 0 Å². The number of amides is 2. The van der Waals surface area contributed by atoms with Crippen molar-refractivity contribution in [3.05, 3.63) is 65.3 Å². The number of nitrogens with zero attached hydrogens (tertiary/aromatic N) is 3. The molecule has 3 aliphatic heterocycles. The Kier molecular flexibility index (Phi) is 5.91. The van der Waals surface area contributed by atoms with Crippen LogP contribution in [0.15, 0.2) is 54.7 Å². The smallest absolute Gasteiger partial charge is 0.240 e. The van der Waals surface area contributed by atoms with Crippen molar-refractivity contribution >= 4 is 39.9 Å². The molecule has 2 bridgehead atoms. The fraction of sp³-hybridized carbons (Fsp3) is 0.379. The summed E-state index contributed by atoms with van der Waals surface area (Å²) in [7, 11) is 1.62. The molecule has 3 saturated heterocycles. The molecule has 5 unspecified atom stereocenters. The number of anilines is 1. The largest absolute Gasteiger partial charge is 0.478 e. The second kappa shape index (κ2) is 9.05. The molecule has 9 heteroatoms. The van der Waals surface area contributed by atoms with E-state index >= 15 is 0 Å². The molecule has 0 radical (unpaired) electrons. The molecular weight excluding hydrogens is 506 g/mol. The molecule has 2 aromatic carbocycles. The number of methoxy groups -OCH3 is 1. The Labute approximate surface area is 225 Å². The number of benzene rings is 2. The van der Waals surface area contributed by atoms with Crippen LogP contribution in [0.5, 0.6) is 5.88 Å². The Morgan fingerprint density at radius 2 is 1.89 bits per heavy atom. The number of fused-ring (bicyclic) bond motifs is 6. The third-order valence-corrected chi connectivity index (χ3v) is 8.67. The number of carbonyl (C=O) groups is 2. The van der Waals surface area contributed by atoms with Crippen molar-refractivity contribution in [2.75, 3.05) is 18.6 Å². The van der Waals surface area contributed by atoms with E-state index in [4.69, 9.17) is 25.8 Å². The van der Waals surface area contributed by atoms with Crippen LogP contribution in [0.25, 0.3) is 10.8 Å². The van der Waals surface area contributed by atoms with E-state index < -0.39 is 23.0 Å². The molecule has 8 nitrogen and oxygen atoms in total. The van der Waals surface area contributed by atoms with Crippen LogP contribution in [-0.4, -0.2) is 47.8 Å². The Morgan fingerprint density at radius 1 is 1.13 bits per heavy atom. The second-order valence-electron chi connectivity index (χ2n) is 10.1. The number of rotatable bonds is 7. The first-order valence-corrected chi connectivity index (χ1v) is 13.0.